The third-order valence-electron chi connectivity index (χ3n) is 4.53. The zero-order valence-corrected chi connectivity index (χ0v) is 16.2. The smallest absolute Gasteiger partial charge is 0.339 e. The van der Waals surface area contributed by atoms with Crippen molar-refractivity contribution in [3.63, 3.8) is 0 Å². The molecule has 0 aliphatic heterocycles. The number of hydrogen-bond donors (Lipinski definition) is 0. The lowest BCUT2D eigenvalue weighted by Crippen LogP contribution is -2.12. The van der Waals surface area contributed by atoms with Crippen LogP contribution in [0, 0.1) is 6.92 Å². The van der Waals surface area contributed by atoms with Gasteiger partial charge in [0, 0.05) is 16.7 Å². The van der Waals surface area contributed by atoms with Crippen molar-refractivity contribution >= 4 is 11.8 Å². The van der Waals surface area contributed by atoms with E-state index in [1.165, 1.54) is 0 Å². The lowest BCUT2D eigenvalue weighted by Gasteiger charge is -2.08. The maximum absolute atomic E-state index is 12.9. The molecule has 0 spiro atoms. The molecule has 1 aromatic heterocycles. The number of aromatic nitrogens is 2. The fourth-order valence-electron chi connectivity index (χ4n) is 2.94. The van der Waals surface area contributed by atoms with Crippen molar-refractivity contribution in [2.24, 2.45) is 0 Å². The number of carbonyl (C=O) groups is 2. The summed E-state index contributed by atoms with van der Waals surface area (Å²) in [5, 5.41) is 3.90. The standard InChI is InChI=1S/C24H18N2O4/c1-16-11-13-17(14-12-16)22(27)19-9-5-6-10-20(19)24(28)29-15-21-25-23(26-30-21)18-7-3-2-4-8-18/h2-14H,15H2,1H3. The van der Waals surface area contributed by atoms with Crippen molar-refractivity contribution in [3.8, 4) is 11.4 Å². The summed E-state index contributed by atoms with van der Waals surface area (Å²) < 4.78 is 10.5. The molecule has 1 heterocycles. The number of aryl methyl sites for hydroxylation is 1. The molecule has 0 bridgehead atoms. The lowest BCUT2D eigenvalue weighted by atomic mass is 9.98. The van der Waals surface area contributed by atoms with E-state index >= 15 is 0 Å². The highest BCUT2D eigenvalue weighted by Gasteiger charge is 2.20. The molecule has 4 rings (SSSR count). The van der Waals surface area contributed by atoms with Crippen molar-refractivity contribution in [1.29, 1.82) is 0 Å². The van der Waals surface area contributed by atoms with Crippen LogP contribution >= 0.6 is 0 Å². The lowest BCUT2D eigenvalue weighted by molar-refractivity contribution is 0.0427. The van der Waals surface area contributed by atoms with Gasteiger partial charge in [-0.05, 0) is 13.0 Å². The van der Waals surface area contributed by atoms with Crippen LogP contribution in [0.3, 0.4) is 0 Å². The SMILES string of the molecule is Cc1ccc(C(=O)c2ccccc2C(=O)OCc2nc(-c3ccccc3)no2)cc1. The van der Waals surface area contributed by atoms with Crippen molar-refractivity contribution in [1.82, 2.24) is 10.1 Å². The normalized spacial score (nSPS) is 10.6. The molecule has 0 aliphatic rings. The molecule has 0 aliphatic carbocycles. The molecule has 0 saturated heterocycles. The number of ketones is 1. The average molecular weight is 398 g/mol. The minimum Gasteiger partial charge on any atom is -0.452 e. The Morgan fingerprint density at radius 2 is 1.53 bits per heavy atom. The van der Waals surface area contributed by atoms with E-state index < -0.39 is 5.97 Å². The summed E-state index contributed by atoms with van der Waals surface area (Å²) >= 11 is 0. The van der Waals surface area contributed by atoms with Crippen LogP contribution in [-0.2, 0) is 11.3 Å². The first-order valence-corrected chi connectivity index (χ1v) is 9.37. The highest BCUT2D eigenvalue weighted by Crippen LogP contribution is 2.18. The van der Waals surface area contributed by atoms with Crippen LogP contribution in [-0.4, -0.2) is 21.9 Å². The molecule has 148 valence electrons. The fraction of sp³-hybridized carbons (Fsp3) is 0.0833. The van der Waals surface area contributed by atoms with E-state index in [1.54, 1.807) is 36.4 Å². The van der Waals surface area contributed by atoms with Crippen LogP contribution in [0.5, 0.6) is 0 Å². The zero-order chi connectivity index (χ0) is 20.9. The molecule has 0 saturated carbocycles. The second-order valence-corrected chi connectivity index (χ2v) is 6.69. The molecule has 0 N–H and O–H groups in total. The molecule has 0 amide bonds. The number of rotatable bonds is 6. The summed E-state index contributed by atoms with van der Waals surface area (Å²) in [7, 11) is 0. The molecule has 0 fully saturated rings. The van der Waals surface area contributed by atoms with E-state index in [2.05, 4.69) is 10.1 Å². The highest BCUT2D eigenvalue weighted by molar-refractivity contribution is 6.14. The first-order chi connectivity index (χ1) is 14.6. The van der Waals surface area contributed by atoms with E-state index in [0.29, 0.717) is 11.4 Å². The topological polar surface area (TPSA) is 82.3 Å². The molecule has 6 heteroatoms. The van der Waals surface area contributed by atoms with Gasteiger partial charge in [0.2, 0.25) is 5.82 Å². The number of ether oxygens (including phenoxy) is 1. The fourth-order valence-corrected chi connectivity index (χ4v) is 2.94. The second kappa shape index (κ2) is 8.53. The van der Waals surface area contributed by atoms with Gasteiger partial charge in [-0.15, -0.1) is 0 Å². The third-order valence-corrected chi connectivity index (χ3v) is 4.53. The third kappa shape index (κ3) is 4.17. The van der Waals surface area contributed by atoms with Gasteiger partial charge in [-0.25, -0.2) is 4.79 Å². The molecular weight excluding hydrogens is 380 g/mol. The van der Waals surface area contributed by atoms with Gasteiger partial charge < -0.3 is 9.26 Å². The summed E-state index contributed by atoms with van der Waals surface area (Å²) in [5.41, 5.74) is 2.82. The summed E-state index contributed by atoms with van der Waals surface area (Å²) in [4.78, 5) is 29.7. The predicted octanol–water partition coefficient (Wildman–Crippen LogP) is 4.63. The molecule has 0 unspecified atom stereocenters. The van der Waals surface area contributed by atoms with Crippen LogP contribution in [0.2, 0.25) is 0 Å². The average Bonchev–Trinajstić information content (AvgIpc) is 3.27. The monoisotopic (exact) mass is 398 g/mol. The number of nitrogens with zero attached hydrogens (tertiary/aromatic N) is 2. The minimum atomic E-state index is -0.634. The summed E-state index contributed by atoms with van der Waals surface area (Å²) in [5.74, 6) is -0.293. The number of esters is 1. The van der Waals surface area contributed by atoms with Crippen LogP contribution < -0.4 is 0 Å². The highest BCUT2D eigenvalue weighted by atomic mass is 16.6. The van der Waals surface area contributed by atoms with Gasteiger partial charge in [-0.3, -0.25) is 4.79 Å². The predicted molar refractivity (Wildman–Crippen MR) is 110 cm³/mol. The van der Waals surface area contributed by atoms with E-state index in [9.17, 15) is 9.59 Å². The Morgan fingerprint density at radius 3 is 2.27 bits per heavy atom. The molecular formula is C24H18N2O4. The van der Waals surface area contributed by atoms with Crippen LogP contribution in [0.25, 0.3) is 11.4 Å². The second-order valence-electron chi connectivity index (χ2n) is 6.69. The van der Waals surface area contributed by atoms with Crippen molar-refractivity contribution in [2.75, 3.05) is 0 Å². The van der Waals surface area contributed by atoms with Crippen molar-refractivity contribution in [3.05, 3.63) is 107 Å². The van der Waals surface area contributed by atoms with E-state index in [0.717, 1.165) is 11.1 Å². The quantitative estimate of drug-likeness (QED) is 0.348. The van der Waals surface area contributed by atoms with E-state index in [4.69, 9.17) is 9.26 Å². The Hall–Kier alpha value is -4.06. The molecule has 30 heavy (non-hydrogen) atoms. The van der Waals surface area contributed by atoms with Gasteiger partial charge in [0.15, 0.2) is 12.4 Å². The first kappa shape index (κ1) is 19.3. The van der Waals surface area contributed by atoms with Crippen LogP contribution in [0.15, 0.2) is 83.4 Å². The molecule has 6 nitrogen and oxygen atoms in total. The Balaban J connectivity index is 1.49. The van der Waals surface area contributed by atoms with Crippen LogP contribution in [0.4, 0.5) is 0 Å². The Morgan fingerprint density at radius 1 is 0.867 bits per heavy atom. The summed E-state index contributed by atoms with van der Waals surface area (Å²) in [6, 6.07) is 23.1. The Labute approximate surface area is 173 Å². The summed E-state index contributed by atoms with van der Waals surface area (Å²) in [6.07, 6.45) is 0. The van der Waals surface area contributed by atoms with Gasteiger partial charge in [-0.1, -0.05) is 83.5 Å². The van der Waals surface area contributed by atoms with Crippen molar-refractivity contribution < 1.29 is 18.8 Å². The van der Waals surface area contributed by atoms with Crippen molar-refractivity contribution in [2.45, 2.75) is 13.5 Å². The van der Waals surface area contributed by atoms with E-state index in [-0.39, 0.29) is 29.4 Å². The maximum atomic E-state index is 12.9. The minimum absolute atomic E-state index is 0.171. The van der Waals surface area contributed by atoms with Gasteiger partial charge in [-0.2, -0.15) is 4.98 Å². The van der Waals surface area contributed by atoms with Crippen LogP contribution in [0.1, 0.15) is 37.7 Å². The first-order valence-electron chi connectivity index (χ1n) is 9.37. The van der Waals surface area contributed by atoms with Gasteiger partial charge in [0.05, 0.1) is 5.56 Å². The number of hydrogen-bond acceptors (Lipinski definition) is 6. The largest absolute Gasteiger partial charge is 0.452 e. The van der Waals surface area contributed by atoms with Gasteiger partial charge >= 0.3 is 5.97 Å². The Kier molecular flexibility index (Phi) is 5.48. The molecule has 4 aromatic rings. The molecule has 0 atom stereocenters. The van der Waals surface area contributed by atoms with Gasteiger partial charge in [0.25, 0.3) is 5.89 Å². The number of benzene rings is 3. The van der Waals surface area contributed by atoms with E-state index in [1.807, 2.05) is 49.4 Å². The molecule has 0 radical (unpaired) electrons. The number of carbonyl (C=O) groups excluding carboxylic acids is 2. The zero-order valence-electron chi connectivity index (χ0n) is 16.2. The molecule has 3 aromatic carbocycles. The Bertz CT molecular complexity index is 1180. The van der Waals surface area contributed by atoms with Gasteiger partial charge in [0.1, 0.15) is 0 Å². The summed E-state index contributed by atoms with van der Waals surface area (Å²) in [6.45, 7) is 1.76. The maximum Gasteiger partial charge on any atom is 0.339 e.